The first-order chi connectivity index (χ1) is 7.36. The summed E-state index contributed by atoms with van der Waals surface area (Å²) >= 11 is 0. The van der Waals surface area contributed by atoms with Crippen LogP contribution >= 0.6 is 0 Å². The molecule has 0 N–H and O–H groups in total. The molecule has 1 aliphatic rings. The molecule has 0 aromatic carbocycles. The minimum absolute atomic E-state index is 0.597. The first-order valence-corrected chi connectivity index (χ1v) is 5.59. The molecule has 2 heterocycles. The molecule has 0 radical (unpaired) electrons. The molecule has 2 rings (SSSR count). The van der Waals surface area contributed by atoms with Gasteiger partial charge in [0.15, 0.2) is 0 Å². The SMILES string of the molecule is CC.CN1CCC1COc1cccnc1. The second-order valence-corrected chi connectivity index (χ2v) is 3.42. The van der Waals surface area contributed by atoms with E-state index < -0.39 is 0 Å². The van der Waals surface area contributed by atoms with E-state index in [4.69, 9.17) is 4.74 Å². The molecule has 0 aliphatic carbocycles. The van der Waals surface area contributed by atoms with Gasteiger partial charge in [-0.1, -0.05) is 13.8 Å². The quantitative estimate of drug-likeness (QED) is 0.761. The summed E-state index contributed by atoms with van der Waals surface area (Å²) in [4.78, 5) is 6.29. The number of hydrogen-bond donors (Lipinski definition) is 0. The van der Waals surface area contributed by atoms with Gasteiger partial charge in [-0.3, -0.25) is 9.88 Å². The van der Waals surface area contributed by atoms with E-state index in [1.54, 1.807) is 12.4 Å². The van der Waals surface area contributed by atoms with Gasteiger partial charge >= 0.3 is 0 Å². The smallest absolute Gasteiger partial charge is 0.137 e. The lowest BCUT2D eigenvalue weighted by atomic mass is 10.1. The van der Waals surface area contributed by atoms with Crippen molar-refractivity contribution >= 4 is 0 Å². The molecule has 0 bridgehead atoms. The van der Waals surface area contributed by atoms with Crippen molar-refractivity contribution in [2.45, 2.75) is 26.3 Å². The van der Waals surface area contributed by atoms with Crippen molar-refractivity contribution in [3.05, 3.63) is 24.5 Å². The van der Waals surface area contributed by atoms with Gasteiger partial charge < -0.3 is 4.74 Å². The van der Waals surface area contributed by atoms with Gasteiger partial charge in [-0.05, 0) is 32.1 Å². The molecule has 15 heavy (non-hydrogen) atoms. The standard InChI is InChI=1S/C10H14N2O.C2H6/c1-12-6-4-9(12)8-13-10-3-2-5-11-7-10;1-2/h2-3,5,7,9H,4,6,8H2,1H3;1-2H3. The van der Waals surface area contributed by atoms with Gasteiger partial charge in [0, 0.05) is 12.2 Å². The lowest BCUT2D eigenvalue weighted by Gasteiger charge is -2.37. The van der Waals surface area contributed by atoms with Crippen molar-refractivity contribution in [2.75, 3.05) is 20.2 Å². The van der Waals surface area contributed by atoms with Gasteiger partial charge in [0.2, 0.25) is 0 Å². The highest BCUT2D eigenvalue weighted by Gasteiger charge is 2.24. The van der Waals surface area contributed by atoms with Crippen LogP contribution < -0.4 is 4.74 Å². The zero-order valence-electron chi connectivity index (χ0n) is 9.81. The van der Waals surface area contributed by atoms with E-state index in [1.807, 2.05) is 26.0 Å². The minimum atomic E-state index is 0.597. The maximum Gasteiger partial charge on any atom is 0.137 e. The van der Waals surface area contributed by atoms with E-state index in [1.165, 1.54) is 13.0 Å². The van der Waals surface area contributed by atoms with Crippen LogP contribution in [0.5, 0.6) is 5.75 Å². The number of hydrogen-bond acceptors (Lipinski definition) is 3. The highest BCUT2D eigenvalue weighted by atomic mass is 16.5. The van der Waals surface area contributed by atoms with Crippen LogP contribution in [0.3, 0.4) is 0 Å². The van der Waals surface area contributed by atoms with E-state index in [9.17, 15) is 0 Å². The summed E-state index contributed by atoms with van der Waals surface area (Å²) in [7, 11) is 2.13. The Morgan fingerprint density at radius 2 is 2.33 bits per heavy atom. The van der Waals surface area contributed by atoms with Crippen LogP contribution in [0.4, 0.5) is 0 Å². The molecule has 0 spiro atoms. The number of aromatic nitrogens is 1. The van der Waals surface area contributed by atoms with Crippen molar-refractivity contribution in [2.24, 2.45) is 0 Å². The van der Waals surface area contributed by atoms with Crippen molar-refractivity contribution < 1.29 is 4.74 Å². The van der Waals surface area contributed by atoms with E-state index in [-0.39, 0.29) is 0 Å². The maximum atomic E-state index is 5.58. The van der Waals surface area contributed by atoms with Crippen molar-refractivity contribution in [3.8, 4) is 5.75 Å². The highest BCUT2D eigenvalue weighted by Crippen LogP contribution is 2.16. The number of ether oxygens (including phenoxy) is 1. The number of nitrogens with zero attached hydrogens (tertiary/aromatic N) is 2. The largest absolute Gasteiger partial charge is 0.490 e. The average Bonchev–Trinajstić information content (AvgIpc) is 2.31. The van der Waals surface area contributed by atoms with Gasteiger partial charge in [0.05, 0.1) is 6.20 Å². The van der Waals surface area contributed by atoms with Gasteiger partial charge in [0.1, 0.15) is 12.4 Å². The summed E-state index contributed by atoms with van der Waals surface area (Å²) in [6.07, 6.45) is 4.75. The van der Waals surface area contributed by atoms with Crippen LogP contribution in [-0.4, -0.2) is 36.1 Å². The lowest BCUT2D eigenvalue weighted by molar-refractivity contribution is 0.0767. The zero-order valence-corrected chi connectivity index (χ0v) is 9.81. The van der Waals surface area contributed by atoms with Crippen LogP contribution in [0.25, 0.3) is 0 Å². The van der Waals surface area contributed by atoms with Crippen LogP contribution in [0, 0.1) is 0 Å². The van der Waals surface area contributed by atoms with Crippen molar-refractivity contribution in [3.63, 3.8) is 0 Å². The van der Waals surface area contributed by atoms with E-state index in [0.717, 1.165) is 12.4 Å². The Kier molecular flexibility index (Phi) is 5.12. The van der Waals surface area contributed by atoms with Crippen LogP contribution in [0.2, 0.25) is 0 Å². The Morgan fingerprint density at radius 3 is 2.80 bits per heavy atom. The summed E-state index contributed by atoms with van der Waals surface area (Å²) in [6.45, 7) is 5.98. The second-order valence-electron chi connectivity index (χ2n) is 3.42. The third-order valence-electron chi connectivity index (χ3n) is 2.52. The molecule has 3 nitrogen and oxygen atoms in total. The van der Waals surface area contributed by atoms with Crippen molar-refractivity contribution in [1.29, 1.82) is 0 Å². The van der Waals surface area contributed by atoms with E-state index in [2.05, 4.69) is 16.9 Å². The Bertz CT molecular complexity index is 264. The number of pyridine rings is 1. The predicted octanol–water partition coefficient (Wildman–Crippen LogP) is 2.19. The van der Waals surface area contributed by atoms with Gasteiger partial charge in [0.25, 0.3) is 0 Å². The average molecular weight is 208 g/mol. The highest BCUT2D eigenvalue weighted by molar-refractivity contribution is 5.15. The summed E-state index contributed by atoms with van der Waals surface area (Å²) < 4.78 is 5.58. The molecule has 1 aromatic rings. The number of likely N-dealkylation sites (tertiary alicyclic amines) is 1. The fourth-order valence-corrected chi connectivity index (χ4v) is 1.41. The molecule has 3 heteroatoms. The molecule has 0 saturated carbocycles. The molecule has 1 unspecified atom stereocenters. The third-order valence-corrected chi connectivity index (χ3v) is 2.52. The first-order valence-electron chi connectivity index (χ1n) is 5.59. The topological polar surface area (TPSA) is 25.4 Å². The first kappa shape index (κ1) is 12.0. The monoisotopic (exact) mass is 208 g/mol. The summed E-state index contributed by atoms with van der Waals surface area (Å²) in [6, 6.07) is 4.42. The molecule has 1 fully saturated rings. The number of rotatable bonds is 3. The van der Waals surface area contributed by atoms with Gasteiger partial charge in [-0.15, -0.1) is 0 Å². The minimum Gasteiger partial charge on any atom is -0.490 e. The summed E-state index contributed by atoms with van der Waals surface area (Å²) in [5.41, 5.74) is 0. The van der Waals surface area contributed by atoms with Crippen LogP contribution in [-0.2, 0) is 0 Å². The lowest BCUT2D eigenvalue weighted by Crippen LogP contribution is -2.48. The zero-order chi connectivity index (χ0) is 11.1. The molecule has 0 amide bonds. The number of likely N-dealkylation sites (N-methyl/N-ethyl adjacent to an activating group) is 1. The predicted molar refractivity (Wildman–Crippen MR) is 62.1 cm³/mol. The molecule has 1 saturated heterocycles. The van der Waals surface area contributed by atoms with Crippen LogP contribution in [0.1, 0.15) is 20.3 Å². The Balaban J connectivity index is 0.000000531. The normalized spacial score (nSPS) is 19.8. The molecule has 84 valence electrons. The third kappa shape index (κ3) is 3.51. The fourth-order valence-electron chi connectivity index (χ4n) is 1.41. The second kappa shape index (κ2) is 6.40. The van der Waals surface area contributed by atoms with Gasteiger partial charge in [-0.25, -0.2) is 0 Å². The molecular formula is C12H20N2O. The summed E-state index contributed by atoms with van der Waals surface area (Å²) in [5.74, 6) is 0.864. The molecule has 1 aliphatic heterocycles. The Morgan fingerprint density at radius 1 is 1.53 bits per heavy atom. The maximum absolute atomic E-state index is 5.58. The molecule has 1 aromatic heterocycles. The van der Waals surface area contributed by atoms with E-state index in [0.29, 0.717) is 6.04 Å². The van der Waals surface area contributed by atoms with Crippen LogP contribution in [0.15, 0.2) is 24.5 Å². The summed E-state index contributed by atoms with van der Waals surface area (Å²) in [5, 5.41) is 0. The van der Waals surface area contributed by atoms with E-state index >= 15 is 0 Å². The molecule has 1 atom stereocenters. The molecular weight excluding hydrogens is 188 g/mol. The van der Waals surface area contributed by atoms with Gasteiger partial charge in [-0.2, -0.15) is 0 Å². The Labute approximate surface area is 92.1 Å². The Hall–Kier alpha value is -1.09. The fraction of sp³-hybridized carbons (Fsp3) is 0.583. The van der Waals surface area contributed by atoms with Crippen molar-refractivity contribution in [1.82, 2.24) is 9.88 Å².